The van der Waals surface area contributed by atoms with Gasteiger partial charge in [0.15, 0.2) is 0 Å². The highest BCUT2D eigenvalue weighted by molar-refractivity contribution is 5.80. The molecule has 2 saturated carbocycles. The van der Waals surface area contributed by atoms with Crippen LogP contribution >= 0.6 is 0 Å². The summed E-state index contributed by atoms with van der Waals surface area (Å²) >= 11 is 0. The Balaban J connectivity index is 1.35. The fraction of sp³-hybridized carbons (Fsp3) is 0.667. The van der Waals surface area contributed by atoms with E-state index in [-0.39, 0.29) is 11.8 Å². The van der Waals surface area contributed by atoms with Crippen LogP contribution in [0.15, 0.2) is 18.2 Å². The lowest BCUT2D eigenvalue weighted by atomic mass is 9.71. The average Bonchev–Trinajstić information content (AvgIpc) is 3.37. The van der Waals surface area contributed by atoms with Crippen LogP contribution in [0.1, 0.15) is 74.0 Å². The second-order valence-electron chi connectivity index (χ2n) is 8.59. The van der Waals surface area contributed by atoms with Crippen LogP contribution in [0.4, 0.5) is 0 Å². The molecule has 4 rings (SSSR count). The monoisotopic (exact) mass is 327 g/mol. The van der Waals surface area contributed by atoms with E-state index in [2.05, 4.69) is 25.1 Å². The molecule has 1 N–H and O–H groups in total. The van der Waals surface area contributed by atoms with Crippen LogP contribution in [0.25, 0.3) is 0 Å². The number of carbonyl (C=O) groups is 1. The van der Waals surface area contributed by atoms with E-state index in [1.165, 1.54) is 29.5 Å². The van der Waals surface area contributed by atoms with Crippen molar-refractivity contribution in [2.45, 2.75) is 69.8 Å². The van der Waals surface area contributed by atoms with Crippen LogP contribution in [0, 0.1) is 12.8 Å². The Morgan fingerprint density at radius 2 is 1.79 bits per heavy atom. The number of carbonyl (C=O) groups excluding carboxylic acids is 1. The fourth-order valence-electron chi connectivity index (χ4n) is 4.67. The van der Waals surface area contributed by atoms with Gasteiger partial charge in [0.1, 0.15) is 0 Å². The van der Waals surface area contributed by atoms with Crippen molar-refractivity contribution in [1.82, 2.24) is 4.90 Å². The van der Waals surface area contributed by atoms with Crippen LogP contribution in [0.2, 0.25) is 0 Å². The summed E-state index contributed by atoms with van der Waals surface area (Å²) in [5.74, 6) is 1.72. The summed E-state index contributed by atoms with van der Waals surface area (Å²) in [5.41, 5.74) is 3.82. The lowest BCUT2D eigenvalue weighted by Gasteiger charge is -2.43. The number of likely N-dealkylation sites (tertiary alicyclic amines) is 1. The van der Waals surface area contributed by atoms with E-state index in [0.29, 0.717) is 18.8 Å². The molecule has 1 amide bonds. The van der Waals surface area contributed by atoms with Gasteiger partial charge < -0.3 is 10.0 Å². The van der Waals surface area contributed by atoms with Gasteiger partial charge in [-0.05, 0) is 80.9 Å². The van der Waals surface area contributed by atoms with Gasteiger partial charge in [-0.15, -0.1) is 0 Å². The number of piperidine rings is 1. The molecule has 1 heterocycles. The number of benzene rings is 1. The van der Waals surface area contributed by atoms with E-state index in [1.54, 1.807) is 0 Å². The van der Waals surface area contributed by atoms with Crippen LogP contribution in [0.5, 0.6) is 0 Å². The molecule has 0 aromatic heterocycles. The molecule has 2 aliphatic carbocycles. The quantitative estimate of drug-likeness (QED) is 0.919. The molecule has 0 atom stereocenters. The summed E-state index contributed by atoms with van der Waals surface area (Å²) < 4.78 is 0. The molecule has 3 nitrogen and oxygen atoms in total. The Morgan fingerprint density at radius 1 is 1.12 bits per heavy atom. The Labute approximate surface area is 145 Å². The minimum absolute atomic E-state index is 0.0520. The molecule has 1 aliphatic heterocycles. The molecule has 3 aliphatic rings. The Kier molecular flexibility index (Phi) is 3.95. The second-order valence-corrected chi connectivity index (χ2v) is 8.59. The molecule has 0 unspecified atom stereocenters. The van der Waals surface area contributed by atoms with Crippen molar-refractivity contribution >= 4 is 5.91 Å². The van der Waals surface area contributed by atoms with E-state index in [9.17, 15) is 9.90 Å². The van der Waals surface area contributed by atoms with Gasteiger partial charge in [-0.2, -0.15) is 0 Å². The van der Waals surface area contributed by atoms with E-state index in [0.717, 1.165) is 31.8 Å². The summed E-state index contributed by atoms with van der Waals surface area (Å²) in [4.78, 5) is 14.6. The zero-order valence-electron chi connectivity index (χ0n) is 14.9. The lowest BCUT2D eigenvalue weighted by Crippen LogP contribution is -2.51. The molecule has 1 aromatic carbocycles. The van der Waals surface area contributed by atoms with Gasteiger partial charge >= 0.3 is 0 Å². The van der Waals surface area contributed by atoms with Crippen molar-refractivity contribution in [2.24, 2.45) is 5.92 Å². The molecular formula is C21H29NO2. The average molecular weight is 327 g/mol. The van der Waals surface area contributed by atoms with Crippen molar-refractivity contribution in [1.29, 1.82) is 0 Å². The molecule has 24 heavy (non-hydrogen) atoms. The summed E-state index contributed by atoms with van der Waals surface area (Å²) in [6, 6.07) is 7.06. The van der Waals surface area contributed by atoms with E-state index < -0.39 is 5.60 Å². The van der Waals surface area contributed by atoms with E-state index >= 15 is 0 Å². The summed E-state index contributed by atoms with van der Waals surface area (Å²) in [7, 11) is 0. The Hall–Kier alpha value is -1.35. The van der Waals surface area contributed by atoms with E-state index in [1.807, 2.05) is 11.8 Å². The molecule has 0 bridgehead atoms. The molecule has 0 spiro atoms. The predicted molar refractivity (Wildman–Crippen MR) is 95.1 cm³/mol. The molecule has 0 radical (unpaired) electrons. The maximum absolute atomic E-state index is 12.5. The molecule has 3 heteroatoms. The van der Waals surface area contributed by atoms with Gasteiger partial charge in [-0.3, -0.25) is 4.79 Å². The van der Waals surface area contributed by atoms with E-state index in [4.69, 9.17) is 0 Å². The van der Waals surface area contributed by atoms with Crippen LogP contribution in [-0.4, -0.2) is 34.6 Å². The number of hydrogen-bond donors (Lipinski definition) is 1. The summed E-state index contributed by atoms with van der Waals surface area (Å²) in [5, 5.41) is 9.85. The third-order valence-corrected chi connectivity index (χ3v) is 6.31. The van der Waals surface area contributed by atoms with Gasteiger partial charge in [0, 0.05) is 19.0 Å². The first-order chi connectivity index (χ1) is 11.4. The fourth-order valence-corrected chi connectivity index (χ4v) is 4.67. The third-order valence-electron chi connectivity index (χ3n) is 6.31. The molecular weight excluding hydrogens is 298 g/mol. The largest absolute Gasteiger partial charge is 0.390 e. The van der Waals surface area contributed by atoms with Gasteiger partial charge in [-0.1, -0.05) is 18.2 Å². The maximum atomic E-state index is 12.5. The highest BCUT2D eigenvalue weighted by Crippen LogP contribution is 2.42. The zero-order chi connectivity index (χ0) is 16.9. The van der Waals surface area contributed by atoms with Crippen LogP contribution in [-0.2, 0) is 4.79 Å². The van der Waals surface area contributed by atoms with Crippen molar-refractivity contribution in [3.8, 4) is 0 Å². The molecule has 1 saturated heterocycles. The topological polar surface area (TPSA) is 40.5 Å². The predicted octanol–water partition coefficient (Wildman–Crippen LogP) is 3.74. The van der Waals surface area contributed by atoms with Gasteiger partial charge in [0.05, 0.1) is 5.60 Å². The number of rotatable bonds is 3. The maximum Gasteiger partial charge on any atom is 0.225 e. The number of hydrogen-bond acceptors (Lipinski definition) is 2. The Morgan fingerprint density at radius 3 is 2.33 bits per heavy atom. The first-order valence-corrected chi connectivity index (χ1v) is 9.54. The number of aliphatic hydroxyl groups is 1. The smallest absolute Gasteiger partial charge is 0.225 e. The first-order valence-electron chi connectivity index (χ1n) is 9.54. The number of amides is 1. The van der Waals surface area contributed by atoms with Crippen molar-refractivity contribution < 1.29 is 9.90 Å². The third kappa shape index (κ3) is 3.11. The molecule has 1 aromatic rings. The minimum atomic E-state index is -0.612. The lowest BCUT2D eigenvalue weighted by molar-refractivity contribution is -0.150. The van der Waals surface area contributed by atoms with Gasteiger partial charge in [0.2, 0.25) is 5.91 Å². The summed E-state index contributed by atoms with van der Waals surface area (Å²) in [6.45, 7) is 5.81. The summed E-state index contributed by atoms with van der Waals surface area (Å²) in [6.07, 6.45) is 6.11. The SMILES string of the molecule is Cc1cc(C2CC2)ccc1C1CCN(C(=O)C2CC(C)(O)C2)CC1. The van der Waals surface area contributed by atoms with Gasteiger partial charge in [0.25, 0.3) is 0 Å². The normalized spacial score (nSPS) is 31.0. The molecule has 130 valence electrons. The number of nitrogens with zero attached hydrogens (tertiary/aromatic N) is 1. The van der Waals surface area contributed by atoms with Crippen molar-refractivity contribution in [3.05, 3.63) is 34.9 Å². The standard InChI is InChI=1S/C21H29NO2/c1-14-11-17(15-3-4-15)5-6-19(14)16-7-9-22(10-8-16)20(23)18-12-21(2,24)13-18/h5-6,11,15-16,18,24H,3-4,7-10,12-13H2,1-2H3. The Bertz CT molecular complexity index is 631. The van der Waals surface area contributed by atoms with Crippen molar-refractivity contribution in [3.63, 3.8) is 0 Å². The van der Waals surface area contributed by atoms with Crippen LogP contribution in [0.3, 0.4) is 0 Å². The second kappa shape index (κ2) is 5.87. The minimum Gasteiger partial charge on any atom is -0.390 e. The number of aryl methyl sites for hydroxylation is 1. The zero-order valence-corrected chi connectivity index (χ0v) is 14.9. The first kappa shape index (κ1) is 16.1. The highest BCUT2D eigenvalue weighted by Gasteiger charge is 2.44. The highest BCUT2D eigenvalue weighted by atomic mass is 16.3. The van der Waals surface area contributed by atoms with Crippen molar-refractivity contribution in [2.75, 3.05) is 13.1 Å². The van der Waals surface area contributed by atoms with Crippen LogP contribution < -0.4 is 0 Å². The molecule has 3 fully saturated rings. The van der Waals surface area contributed by atoms with Gasteiger partial charge in [-0.25, -0.2) is 0 Å².